The third-order valence-corrected chi connectivity index (χ3v) is 5.00. The number of carbonyl (C=O) groups excluding carboxylic acids is 1. The Kier molecular flexibility index (Phi) is 6.87. The van der Waals surface area contributed by atoms with Crippen molar-refractivity contribution in [2.75, 3.05) is 17.2 Å². The topological polar surface area (TPSA) is 101 Å². The fraction of sp³-hybridized carbons (Fsp3) is 0.261. The lowest BCUT2D eigenvalue weighted by Gasteiger charge is -2.25. The van der Waals surface area contributed by atoms with Crippen LogP contribution in [0.2, 0.25) is 0 Å². The molecule has 0 aliphatic carbocycles. The number of hydrogen-bond acceptors (Lipinski definition) is 4. The molecule has 1 amide bonds. The van der Waals surface area contributed by atoms with Gasteiger partial charge in [-0.3, -0.25) is 19.1 Å². The standard InChI is InChI=1S/C23H24F2N4O3/c1-14(2)10-11-28(22(31)17-9-8-16(24)12-18(17)25)19-20(26)29(23(32)27-21(19)30)13-15-6-4-3-5-7-15/h3-9,12,14H,10-11,13,26H2,1-2H3,(H,27,30,32). The first-order chi connectivity index (χ1) is 15.2. The van der Waals surface area contributed by atoms with E-state index in [9.17, 15) is 23.2 Å². The third kappa shape index (κ3) is 4.93. The number of nitrogens with one attached hydrogen (secondary N) is 1. The largest absolute Gasteiger partial charge is 0.383 e. The van der Waals surface area contributed by atoms with Crippen molar-refractivity contribution in [1.29, 1.82) is 0 Å². The smallest absolute Gasteiger partial charge is 0.330 e. The van der Waals surface area contributed by atoms with Crippen LogP contribution in [-0.4, -0.2) is 22.0 Å². The van der Waals surface area contributed by atoms with Crippen molar-refractivity contribution in [3.8, 4) is 0 Å². The molecule has 0 fully saturated rings. The van der Waals surface area contributed by atoms with Crippen molar-refractivity contribution >= 4 is 17.4 Å². The van der Waals surface area contributed by atoms with E-state index in [1.54, 1.807) is 24.3 Å². The molecule has 0 spiro atoms. The van der Waals surface area contributed by atoms with Crippen molar-refractivity contribution in [1.82, 2.24) is 9.55 Å². The summed E-state index contributed by atoms with van der Waals surface area (Å²) in [7, 11) is 0. The van der Waals surface area contributed by atoms with Gasteiger partial charge >= 0.3 is 5.69 Å². The van der Waals surface area contributed by atoms with Gasteiger partial charge in [0.1, 0.15) is 17.5 Å². The van der Waals surface area contributed by atoms with Crippen LogP contribution in [0.4, 0.5) is 20.3 Å². The number of anilines is 2. The van der Waals surface area contributed by atoms with E-state index in [1.807, 2.05) is 19.9 Å². The Labute approximate surface area is 183 Å². The van der Waals surface area contributed by atoms with E-state index in [2.05, 4.69) is 4.98 Å². The SMILES string of the molecule is CC(C)CCN(C(=O)c1ccc(F)cc1F)c1c(N)n(Cc2ccccc2)c(=O)[nH]c1=O. The summed E-state index contributed by atoms with van der Waals surface area (Å²) in [5.74, 6) is -2.81. The van der Waals surface area contributed by atoms with Crippen molar-refractivity contribution in [2.45, 2.75) is 26.8 Å². The van der Waals surface area contributed by atoms with E-state index in [4.69, 9.17) is 5.73 Å². The van der Waals surface area contributed by atoms with Gasteiger partial charge in [0.05, 0.1) is 12.1 Å². The number of nitrogens with two attached hydrogens (primary N) is 1. The van der Waals surface area contributed by atoms with Crippen LogP contribution in [0.25, 0.3) is 0 Å². The molecule has 0 bridgehead atoms. The summed E-state index contributed by atoms with van der Waals surface area (Å²) in [6.45, 7) is 3.95. The Hall–Kier alpha value is -3.75. The number of nitrogens with zero attached hydrogens (tertiary/aromatic N) is 2. The molecule has 3 aromatic rings. The summed E-state index contributed by atoms with van der Waals surface area (Å²) >= 11 is 0. The molecule has 3 rings (SSSR count). The second-order valence-electron chi connectivity index (χ2n) is 7.83. The zero-order valence-corrected chi connectivity index (χ0v) is 17.8. The van der Waals surface area contributed by atoms with Crippen LogP contribution in [0.15, 0.2) is 58.1 Å². The summed E-state index contributed by atoms with van der Waals surface area (Å²) in [5, 5.41) is 0. The number of amides is 1. The van der Waals surface area contributed by atoms with Crippen LogP contribution in [-0.2, 0) is 6.54 Å². The Balaban J connectivity index is 2.13. The molecule has 9 heteroatoms. The van der Waals surface area contributed by atoms with E-state index >= 15 is 0 Å². The maximum atomic E-state index is 14.3. The van der Waals surface area contributed by atoms with E-state index in [0.717, 1.165) is 27.2 Å². The minimum Gasteiger partial charge on any atom is -0.383 e. The number of H-pyrrole nitrogens is 1. The molecule has 0 aliphatic heterocycles. The quantitative estimate of drug-likeness (QED) is 0.587. The Bertz CT molecular complexity index is 1240. The van der Waals surface area contributed by atoms with Gasteiger partial charge in [-0.15, -0.1) is 0 Å². The molecule has 0 unspecified atom stereocenters. The molecule has 32 heavy (non-hydrogen) atoms. The number of aromatic nitrogens is 2. The molecule has 7 nitrogen and oxygen atoms in total. The summed E-state index contributed by atoms with van der Waals surface area (Å²) in [6, 6.07) is 11.5. The molecule has 3 N–H and O–H groups in total. The fourth-order valence-electron chi connectivity index (χ4n) is 3.27. The maximum absolute atomic E-state index is 14.3. The maximum Gasteiger partial charge on any atom is 0.330 e. The predicted molar refractivity (Wildman–Crippen MR) is 119 cm³/mol. The van der Waals surface area contributed by atoms with Gasteiger partial charge in [0.2, 0.25) is 0 Å². The van der Waals surface area contributed by atoms with E-state index < -0.39 is 34.4 Å². The average molecular weight is 442 g/mol. The van der Waals surface area contributed by atoms with Gasteiger partial charge in [0.25, 0.3) is 11.5 Å². The van der Waals surface area contributed by atoms with E-state index in [1.165, 1.54) is 0 Å². The molecular weight excluding hydrogens is 418 g/mol. The minimum absolute atomic E-state index is 0.0458. The van der Waals surface area contributed by atoms with Crippen LogP contribution in [0.5, 0.6) is 0 Å². The number of nitrogen functional groups attached to an aromatic ring is 1. The highest BCUT2D eigenvalue weighted by atomic mass is 19.1. The molecule has 0 radical (unpaired) electrons. The van der Waals surface area contributed by atoms with Crippen molar-refractivity contribution in [3.63, 3.8) is 0 Å². The lowest BCUT2D eigenvalue weighted by molar-refractivity contribution is 0.0981. The molecule has 168 valence electrons. The van der Waals surface area contributed by atoms with Crippen LogP contribution in [0, 0.1) is 17.6 Å². The molecule has 1 aromatic heterocycles. The lowest BCUT2D eigenvalue weighted by Crippen LogP contribution is -2.42. The van der Waals surface area contributed by atoms with Crippen molar-refractivity contribution < 1.29 is 13.6 Å². The molecule has 0 aliphatic rings. The predicted octanol–water partition coefficient (Wildman–Crippen LogP) is 3.14. The molecule has 0 saturated heterocycles. The molecule has 0 atom stereocenters. The van der Waals surface area contributed by atoms with E-state index in [-0.39, 0.29) is 30.5 Å². The molecular formula is C23H24F2N4O3. The molecule has 2 aromatic carbocycles. The highest BCUT2D eigenvalue weighted by Crippen LogP contribution is 2.23. The monoisotopic (exact) mass is 442 g/mol. The minimum atomic E-state index is -1.06. The number of rotatable bonds is 7. The Morgan fingerprint density at radius 3 is 2.44 bits per heavy atom. The van der Waals surface area contributed by atoms with Crippen molar-refractivity contribution in [2.24, 2.45) is 5.92 Å². The van der Waals surface area contributed by atoms with Gasteiger partial charge in [-0.2, -0.15) is 0 Å². The van der Waals surface area contributed by atoms with Crippen LogP contribution in [0.3, 0.4) is 0 Å². The molecule has 1 heterocycles. The first-order valence-electron chi connectivity index (χ1n) is 10.1. The normalized spacial score (nSPS) is 11.0. The van der Waals surface area contributed by atoms with Crippen LogP contribution < -0.4 is 21.9 Å². The van der Waals surface area contributed by atoms with Gasteiger partial charge in [-0.1, -0.05) is 44.2 Å². The second-order valence-corrected chi connectivity index (χ2v) is 7.83. The van der Waals surface area contributed by atoms with Gasteiger partial charge in [0, 0.05) is 12.6 Å². The number of benzene rings is 2. The lowest BCUT2D eigenvalue weighted by atomic mass is 10.1. The zero-order chi connectivity index (χ0) is 23.4. The number of halogens is 2. The number of aromatic amines is 1. The highest BCUT2D eigenvalue weighted by Gasteiger charge is 2.27. The first kappa shape index (κ1) is 22.9. The third-order valence-electron chi connectivity index (χ3n) is 5.00. The molecule has 0 saturated carbocycles. The summed E-state index contributed by atoms with van der Waals surface area (Å²) in [5.41, 5.74) is 4.71. The van der Waals surface area contributed by atoms with E-state index in [0.29, 0.717) is 12.5 Å². The summed E-state index contributed by atoms with van der Waals surface area (Å²) in [4.78, 5) is 41.6. The van der Waals surface area contributed by atoms with Crippen LogP contribution in [0.1, 0.15) is 36.2 Å². The zero-order valence-electron chi connectivity index (χ0n) is 17.8. The summed E-state index contributed by atoms with van der Waals surface area (Å²) < 4.78 is 28.8. The van der Waals surface area contributed by atoms with Gasteiger partial charge in [0.15, 0.2) is 5.69 Å². The van der Waals surface area contributed by atoms with Crippen LogP contribution >= 0.6 is 0 Å². The number of hydrogen-bond donors (Lipinski definition) is 2. The number of carbonyl (C=O) groups is 1. The second kappa shape index (κ2) is 9.59. The fourth-order valence-corrected chi connectivity index (χ4v) is 3.27. The Morgan fingerprint density at radius 2 is 1.81 bits per heavy atom. The van der Waals surface area contributed by atoms with Gasteiger partial charge in [-0.25, -0.2) is 13.6 Å². The average Bonchev–Trinajstić information content (AvgIpc) is 2.73. The Morgan fingerprint density at radius 1 is 1.12 bits per heavy atom. The first-order valence-corrected chi connectivity index (χ1v) is 10.1. The summed E-state index contributed by atoms with van der Waals surface area (Å²) in [6.07, 6.45) is 0.477. The van der Waals surface area contributed by atoms with Gasteiger partial charge < -0.3 is 10.6 Å². The highest BCUT2D eigenvalue weighted by molar-refractivity contribution is 6.07. The van der Waals surface area contributed by atoms with Gasteiger partial charge in [-0.05, 0) is 30.0 Å². The van der Waals surface area contributed by atoms with Crippen molar-refractivity contribution in [3.05, 3.63) is 92.1 Å².